The van der Waals surface area contributed by atoms with Gasteiger partial charge in [-0.25, -0.2) is 8.78 Å². The molecule has 0 saturated heterocycles. The summed E-state index contributed by atoms with van der Waals surface area (Å²) in [6.45, 7) is 4.63. The van der Waals surface area contributed by atoms with Crippen LogP contribution < -0.4 is 4.74 Å². The van der Waals surface area contributed by atoms with E-state index in [1.54, 1.807) is 0 Å². The Morgan fingerprint density at radius 1 is 0.605 bits per heavy atom. The van der Waals surface area contributed by atoms with Crippen LogP contribution in [0.25, 0.3) is 0 Å². The lowest BCUT2D eigenvalue weighted by molar-refractivity contribution is -0.226. The van der Waals surface area contributed by atoms with Gasteiger partial charge in [0.2, 0.25) is 0 Å². The molecule has 0 spiro atoms. The van der Waals surface area contributed by atoms with E-state index in [2.05, 4.69) is 13.8 Å². The zero-order valence-electron chi connectivity index (χ0n) is 23.5. The highest BCUT2D eigenvalue weighted by Crippen LogP contribution is 2.47. The van der Waals surface area contributed by atoms with E-state index in [9.17, 15) is 0 Å². The Morgan fingerprint density at radius 3 is 1.39 bits per heavy atom. The van der Waals surface area contributed by atoms with Gasteiger partial charge in [0.05, 0.1) is 5.92 Å². The van der Waals surface area contributed by atoms with Crippen LogP contribution >= 0.6 is 0 Å². The van der Waals surface area contributed by atoms with Crippen LogP contribution in [0, 0.1) is 53.1 Å². The number of halogens is 4. The van der Waals surface area contributed by atoms with Gasteiger partial charge in [-0.05, 0) is 136 Å². The van der Waals surface area contributed by atoms with E-state index in [0.717, 1.165) is 56.3 Å². The summed E-state index contributed by atoms with van der Waals surface area (Å²) in [5.41, 5.74) is 0.591. The van der Waals surface area contributed by atoms with Gasteiger partial charge in [0.25, 0.3) is 0 Å². The number of hydrogen-bond donors (Lipinski definition) is 0. The first-order chi connectivity index (χ1) is 18.2. The molecule has 4 aliphatic carbocycles. The van der Waals surface area contributed by atoms with Crippen LogP contribution in [-0.4, -0.2) is 6.11 Å². The van der Waals surface area contributed by atoms with Crippen molar-refractivity contribution in [2.24, 2.45) is 41.4 Å². The summed E-state index contributed by atoms with van der Waals surface area (Å²) in [5.74, 6) is 0.465. The van der Waals surface area contributed by atoms with Crippen LogP contribution in [0.1, 0.15) is 134 Å². The van der Waals surface area contributed by atoms with Crippen molar-refractivity contribution in [2.75, 3.05) is 0 Å². The lowest BCUT2D eigenvalue weighted by atomic mass is 9.68. The highest BCUT2D eigenvalue weighted by atomic mass is 19.3. The van der Waals surface area contributed by atoms with Crippen molar-refractivity contribution in [3.8, 4) is 5.75 Å². The largest absolute Gasteiger partial charge is 0.426 e. The Kier molecular flexibility index (Phi) is 8.99. The zero-order valence-corrected chi connectivity index (χ0v) is 23.5. The first-order valence-corrected chi connectivity index (χ1v) is 15.7. The lowest BCUT2D eigenvalue weighted by Gasteiger charge is -2.39. The molecule has 0 aliphatic heterocycles. The first kappa shape index (κ1) is 28.3. The molecule has 4 saturated carbocycles. The van der Waals surface area contributed by atoms with Crippen LogP contribution in [0.2, 0.25) is 0 Å². The quantitative estimate of drug-likeness (QED) is 0.324. The van der Waals surface area contributed by atoms with Crippen LogP contribution in [0.4, 0.5) is 17.6 Å². The minimum absolute atomic E-state index is 0. The van der Waals surface area contributed by atoms with Crippen molar-refractivity contribution in [3.63, 3.8) is 0 Å². The van der Waals surface area contributed by atoms with E-state index in [0.29, 0.717) is 36.2 Å². The number of ether oxygens (including phenoxy) is 1. The fraction of sp³-hybridized carbons (Fsp3) is 0.818. The van der Waals surface area contributed by atoms with Gasteiger partial charge in [-0.2, -0.15) is 8.78 Å². The number of benzene rings is 1. The predicted octanol–water partition coefficient (Wildman–Crippen LogP) is 11.7. The maximum absolute atomic E-state index is 15.1. The fourth-order valence-corrected chi connectivity index (χ4v) is 8.50. The van der Waals surface area contributed by atoms with Gasteiger partial charge in [0.15, 0.2) is 17.4 Å². The Bertz CT molecular complexity index is 896. The summed E-state index contributed by atoms with van der Waals surface area (Å²) < 4.78 is 65.1. The van der Waals surface area contributed by atoms with E-state index in [4.69, 9.17) is 4.74 Å². The van der Waals surface area contributed by atoms with Crippen molar-refractivity contribution in [3.05, 3.63) is 29.3 Å². The van der Waals surface area contributed by atoms with Crippen molar-refractivity contribution in [2.45, 2.75) is 129 Å². The van der Waals surface area contributed by atoms with E-state index in [1.807, 2.05) is 0 Å². The minimum atomic E-state index is -3.56. The first-order valence-electron chi connectivity index (χ1n) is 15.7. The molecule has 0 radical (unpaired) electrons. The Hall–Kier alpha value is -1.26. The van der Waals surface area contributed by atoms with Gasteiger partial charge >= 0.3 is 6.11 Å². The average Bonchev–Trinajstić information content (AvgIpc) is 2.92. The number of hydrogen-bond acceptors (Lipinski definition) is 1. The SMILES string of the molecule is CC1CCC(C2CCC(c3cc(F)c(OC(F)(F)C4CCC(C5CCC(C)CC5)CC4)c(F)c3)CC2)CC1.[HH].[HH].[HH].[HH]. The molecule has 38 heavy (non-hydrogen) atoms. The average molecular weight is 545 g/mol. The Morgan fingerprint density at radius 2 is 0.974 bits per heavy atom. The highest BCUT2D eigenvalue weighted by molar-refractivity contribution is 5.33. The minimum Gasteiger partial charge on any atom is -0.426 e. The monoisotopic (exact) mass is 544 g/mol. The van der Waals surface area contributed by atoms with Crippen molar-refractivity contribution >= 4 is 0 Å². The van der Waals surface area contributed by atoms with E-state index < -0.39 is 29.4 Å². The van der Waals surface area contributed by atoms with Gasteiger partial charge in [0, 0.05) is 5.71 Å². The molecule has 5 heteroatoms. The second-order valence-electron chi connectivity index (χ2n) is 13.7. The van der Waals surface area contributed by atoms with Crippen LogP contribution in [0.15, 0.2) is 12.1 Å². The highest BCUT2D eigenvalue weighted by Gasteiger charge is 2.46. The maximum atomic E-state index is 15.1. The summed E-state index contributed by atoms with van der Waals surface area (Å²) in [4.78, 5) is 0. The summed E-state index contributed by atoms with van der Waals surface area (Å²) in [6, 6.07) is 2.51. The molecule has 222 valence electrons. The molecular formula is C33H56F4O. The van der Waals surface area contributed by atoms with E-state index in [1.165, 1.54) is 63.5 Å². The third-order valence-corrected chi connectivity index (χ3v) is 11.2. The number of alkyl halides is 2. The summed E-state index contributed by atoms with van der Waals surface area (Å²) in [7, 11) is 0. The molecule has 0 N–H and O–H groups in total. The van der Waals surface area contributed by atoms with Crippen LogP contribution in [0.5, 0.6) is 5.75 Å². The molecule has 1 aromatic rings. The van der Waals surface area contributed by atoms with Gasteiger partial charge in [-0.3, -0.25) is 0 Å². The summed E-state index contributed by atoms with van der Waals surface area (Å²) in [5, 5.41) is 0. The zero-order chi connectivity index (χ0) is 26.9. The maximum Gasteiger partial charge on any atom is 0.400 e. The molecule has 0 atom stereocenters. The predicted molar refractivity (Wildman–Crippen MR) is 153 cm³/mol. The van der Waals surface area contributed by atoms with E-state index >= 15 is 17.6 Å². The topological polar surface area (TPSA) is 9.23 Å². The fourth-order valence-electron chi connectivity index (χ4n) is 8.50. The van der Waals surface area contributed by atoms with Crippen LogP contribution in [0.3, 0.4) is 0 Å². The summed E-state index contributed by atoms with van der Waals surface area (Å²) >= 11 is 0. The second-order valence-corrected chi connectivity index (χ2v) is 13.7. The normalized spacial score (nSPS) is 37.1. The Labute approximate surface area is 233 Å². The standard InChI is InChI=1S/C33H48F4O.4H2/c1-21-3-7-23(8-4-21)25-11-13-27(14-12-25)28-19-30(34)32(31(35)20-28)38-33(36,37)29-17-15-26(16-18-29)24-9-5-22(2)6-10-24;;;;/h19-27,29H,3-18H2,1-2H3;4*1H. The molecule has 0 unspecified atom stereocenters. The van der Waals surface area contributed by atoms with Gasteiger partial charge < -0.3 is 4.74 Å². The molecule has 4 fully saturated rings. The van der Waals surface area contributed by atoms with Crippen molar-refractivity contribution < 1.29 is 28.0 Å². The third-order valence-electron chi connectivity index (χ3n) is 11.2. The molecular weight excluding hydrogens is 488 g/mol. The van der Waals surface area contributed by atoms with Gasteiger partial charge in [-0.1, -0.05) is 39.5 Å². The molecule has 0 bridgehead atoms. The molecule has 0 aromatic heterocycles. The van der Waals surface area contributed by atoms with Crippen molar-refractivity contribution in [1.29, 1.82) is 0 Å². The van der Waals surface area contributed by atoms with E-state index in [-0.39, 0.29) is 11.6 Å². The smallest absolute Gasteiger partial charge is 0.400 e. The molecule has 0 heterocycles. The van der Waals surface area contributed by atoms with Crippen LogP contribution in [-0.2, 0) is 0 Å². The second kappa shape index (κ2) is 12.1. The summed E-state index contributed by atoms with van der Waals surface area (Å²) in [6.07, 6.45) is 12.8. The van der Waals surface area contributed by atoms with Gasteiger partial charge in [-0.15, -0.1) is 0 Å². The third kappa shape index (κ3) is 6.54. The molecule has 1 aromatic carbocycles. The number of rotatable bonds is 6. The Balaban J connectivity index is 0.00000220. The molecule has 0 amide bonds. The molecule has 4 aliphatic rings. The molecule has 5 rings (SSSR count). The van der Waals surface area contributed by atoms with Gasteiger partial charge in [0.1, 0.15) is 0 Å². The lowest BCUT2D eigenvalue weighted by Crippen LogP contribution is -2.38. The molecule has 1 nitrogen and oxygen atoms in total. The van der Waals surface area contributed by atoms with Crippen molar-refractivity contribution in [1.82, 2.24) is 0 Å².